The molecule has 4 rings (SSSR count). The first-order valence-corrected chi connectivity index (χ1v) is 11.2. The highest BCUT2D eigenvalue weighted by Crippen LogP contribution is 2.30. The Labute approximate surface area is 195 Å². The van der Waals surface area contributed by atoms with E-state index in [1.165, 1.54) is 38.3 Å². The van der Waals surface area contributed by atoms with E-state index in [0.29, 0.717) is 33.0 Å². The highest BCUT2D eigenvalue weighted by Gasteiger charge is 2.18. The van der Waals surface area contributed by atoms with E-state index in [-0.39, 0.29) is 22.5 Å². The van der Waals surface area contributed by atoms with E-state index in [1.54, 1.807) is 30.3 Å². The molecule has 0 atom stereocenters. The summed E-state index contributed by atoms with van der Waals surface area (Å²) < 4.78 is 21.3. The molecule has 0 aliphatic carbocycles. The SMILES string of the molecule is COc1ccc(OC)c(NC(=O)CSc2nnc(NC(=O)c3cc(-c4ccco4)on3)s2)c1. The van der Waals surface area contributed by atoms with Crippen LogP contribution in [0.25, 0.3) is 11.5 Å². The number of carbonyl (C=O) groups excluding carboxylic acids is 2. The monoisotopic (exact) mass is 487 g/mol. The summed E-state index contributed by atoms with van der Waals surface area (Å²) >= 11 is 2.31. The number of amides is 2. The van der Waals surface area contributed by atoms with Crippen LogP contribution >= 0.6 is 23.1 Å². The molecule has 0 aliphatic heterocycles. The summed E-state index contributed by atoms with van der Waals surface area (Å²) in [7, 11) is 3.05. The maximum absolute atomic E-state index is 12.4. The molecule has 3 heterocycles. The Morgan fingerprint density at radius 2 is 1.97 bits per heavy atom. The number of benzene rings is 1. The van der Waals surface area contributed by atoms with E-state index in [4.69, 9.17) is 18.4 Å². The van der Waals surface area contributed by atoms with E-state index < -0.39 is 5.91 Å². The minimum atomic E-state index is -0.507. The predicted molar refractivity (Wildman–Crippen MR) is 121 cm³/mol. The fraction of sp³-hybridized carbons (Fsp3) is 0.150. The lowest BCUT2D eigenvalue weighted by atomic mass is 10.2. The zero-order chi connectivity index (χ0) is 23.2. The number of hydrogen-bond acceptors (Lipinski definition) is 11. The highest BCUT2D eigenvalue weighted by molar-refractivity contribution is 8.01. The molecule has 0 fully saturated rings. The number of thioether (sulfide) groups is 1. The Kier molecular flexibility index (Phi) is 6.90. The van der Waals surface area contributed by atoms with Crippen molar-refractivity contribution < 1.29 is 28.0 Å². The van der Waals surface area contributed by atoms with Crippen molar-refractivity contribution in [3.8, 4) is 23.0 Å². The van der Waals surface area contributed by atoms with Crippen molar-refractivity contribution in [1.82, 2.24) is 15.4 Å². The molecule has 0 bridgehead atoms. The van der Waals surface area contributed by atoms with Crippen molar-refractivity contribution >= 4 is 45.7 Å². The van der Waals surface area contributed by atoms with Gasteiger partial charge in [0.1, 0.15) is 11.5 Å². The molecule has 0 unspecified atom stereocenters. The van der Waals surface area contributed by atoms with Crippen molar-refractivity contribution in [2.24, 2.45) is 0 Å². The molecule has 13 heteroatoms. The number of nitrogens with one attached hydrogen (secondary N) is 2. The van der Waals surface area contributed by atoms with Gasteiger partial charge in [-0.1, -0.05) is 28.3 Å². The van der Waals surface area contributed by atoms with Crippen molar-refractivity contribution in [2.45, 2.75) is 4.34 Å². The number of rotatable bonds is 9. The summed E-state index contributed by atoms with van der Waals surface area (Å²) in [5, 5.41) is 17.3. The van der Waals surface area contributed by atoms with E-state index >= 15 is 0 Å². The number of methoxy groups -OCH3 is 2. The summed E-state index contributed by atoms with van der Waals surface area (Å²) in [5.74, 6) is 1.20. The van der Waals surface area contributed by atoms with Gasteiger partial charge in [0.05, 0.1) is 31.9 Å². The van der Waals surface area contributed by atoms with Gasteiger partial charge in [-0.25, -0.2) is 0 Å². The van der Waals surface area contributed by atoms with Crippen LogP contribution in [0.2, 0.25) is 0 Å². The molecule has 33 heavy (non-hydrogen) atoms. The van der Waals surface area contributed by atoms with Crippen LogP contribution in [0.15, 0.2) is 55.9 Å². The number of furan rings is 1. The molecular formula is C20H17N5O6S2. The van der Waals surface area contributed by atoms with Crippen molar-refractivity contribution in [1.29, 1.82) is 0 Å². The lowest BCUT2D eigenvalue weighted by Gasteiger charge is -2.11. The molecule has 11 nitrogen and oxygen atoms in total. The fourth-order valence-corrected chi connectivity index (χ4v) is 4.17. The van der Waals surface area contributed by atoms with Gasteiger partial charge in [-0.2, -0.15) is 0 Å². The Morgan fingerprint density at radius 3 is 2.73 bits per heavy atom. The van der Waals surface area contributed by atoms with Crippen molar-refractivity contribution in [3.63, 3.8) is 0 Å². The fourth-order valence-electron chi connectivity index (χ4n) is 2.62. The third-order valence-electron chi connectivity index (χ3n) is 4.14. The molecular weight excluding hydrogens is 470 g/mol. The van der Waals surface area contributed by atoms with Gasteiger partial charge >= 0.3 is 0 Å². The van der Waals surface area contributed by atoms with Crippen LogP contribution < -0.4 is 20.1 Å². The van der Waals surface area contributed by atoms with Crippen LogP contribution in [-0.2, 0) is 4.79 Å². The van der Waals surface area contributed by atoms with Crippen LogP contribution in [0, 0.1) is 0 Å². The first kappa shape index (κ1) is 22.4. The molecule has 0 spiro atoms. The quantitative estimate of drug-likeness (QED) is 0.264. The number of carbonyl (C=O) groups is 2. The van der Waals surface area contributed by atoms with Crippen LogP contribution in [0.1, 0.15) is 10.5 Å². The number of ether oxygens (including phenoxy) is 2. The molecule has 0 radical (unpaired) electrons. The van der Waals surface area contributed by atoms with Crippen molar-refractivity contribution in [3.05, 3.63) is 48.4 Å². The van der Waals surface area contributed by atoms with E-state index in [0.717, 1.165) is 11.3 Å². The van der Waals surface area contributed by atoms with Gasteiger partial charge < -0.3 is 23.7 Å². The number of aromatic nitrogens is 3. The zero-order valence-electron chi connectivity index (χ0n) is 17.4. The third-order valence-corrected chi connectivity index (χ3v) is 6.11. The van der Waals surface area contributed by atoms with Gasteiger partial charge in [-0.3, -0.25) is 14.9 Å². The minimum Gasteiger partial charge on any atom is -0.497 e. The van der Waals surface area contributed by atoms with Crippen LogP contribution in [0.4, 0.5) is 10.8 Å². The first-order valence-electron chi connectivity index (χ1n) is 9.36. The molecule has 4 aromatic rings. The van der Waals surface area contributed by atoms with E-state index in [2.05, 4.69) is 26.0 Å². The molecule has 3 aromatic heterocycles. The molecule has 0 saturated heterocycles. The summed E-state index contributed by atoms with van der Waals surface area (Å²) in [6, 6.07) is 9.95. The van der Waals surface area contributed by atoms with Gasteiger partial charge in [-0.05, 0) is 24.3 Å². The van der Waals surface area contributed by atoms with Crippen LogP contribution in [-0.4, -0.2) is 47.1 Å². The Morgan fingerprint density at radius 1 is 1.09 bits per heavy atom. The topological polar surface area (TPSA) is 142 Å². The van der Waals surface area contributed by atoms with Gasteiger partial charge in [0.15, 0.2) is 15.8 Å². The summed E-state index contributed by atoms with van der Waals surface area (Å²) in [4.78, 5) is 24.7. The maximum atomic E-state index is 12.4. The number of hydrogen-bond donors (Lipinski definition) is 2. The van der Waals surface area contributed by atoms with Crippen LogP contribution in [0.5, 0.6) is 11.5 Å². The van der Waals surface area contributed by atoms with Gasteiger partial charge in [0, 0.05) is 12.1 Å². The molecule has 2 amide bonds. The Bertz CT molecular complexity index is 1250. The molecule has 0 saturated carbocycles. The molecule has 2 N–H and O–H groups in total. The normalized spacial score (nSPS) is 10.6. The van der Waals surface area contributed by atoms with Crippen LogP contribution in [0.3, 0.4) is 0 Å². The molecule has 1 aromatic carbocycles. The third kappa shape index (κ3) is 5.51. The second kappa shape index (κ2) is 10.2. The average molecular weight is 488 g/mol. The van der Waals surface area contributed by atoms with E-state index in [1.807, 2.05) is 0 Å². The van der Waals surface area contributed by atoms with E-state index in [9.17, 15) is 9.59 Å². The Hall–Kier alpha value is -3.84. The number of nitrogens with zero attached hydrogens (tertiary/aromatic N) is 3. The second-order valence-corrected chi connectivity index (χ2v) is 8.48. The van der Waals surface area contributed by atoms with Gasteiger partial charge in [-0.15, -0.1) is 10.2 Å². The first-order chi connectivity index (χ1) is 16.1. The maximum Gasteiger partial charge on any atom is 0.279 e. The Balaban J connectivity index is 1.31. The summed E-state index contributed by atoms with van der Waals surface area (Å²) in [6.45, 7) is 0. The summed E-state index contributed by atoms with van der Waals surface area (Å²) in [5.41, 5.74) is 0.562. The lowest BCUT2D eigenvalue weighted by Crippen LogP contribution is -2.14. The van der Waals surface area contributed by atoms with Crippen molar-refractivity contribution in [2.75, 3.05) is 30.6 Å². The molecule has 0 aliphatic rings. The standard InChI is InChI=1S/C20H17N5O6S2/c1-28-11-5-6-14(29-2)12(8-11)21-17(26)10-32-20-24-23-19(33-20)22-18(27)13-9-16(31-25-13)15-4-3-7-30-15/h3-9H,10H2,1-2H3,(H,21,26)(H,22,23,27). The lowest BCUT2D eigenvalue weighted by molar-refractivity contribution is -0.113. The minimum absolute atomic E-state index is 0.0671. The number of anilines is 2. The predicted octanol–water partition coefficient (Wildman–Crippen LogP) is 3.79. The zero-order valence-corrected chi connectivity index (χ0v) is 19.0. The smallest absolute Gasteiger partial charge is 0.279 e. The van der Waals surface area contributed by atoms with Gasteiger partial charge in [0.25, 0.3) is 5.91 Å². The largest absolute Gasteiger partial charge is 0.497 e. The highest BCUT2D eigenvalue weighted by atomic mass is 32.2. The average Bonchev–Trinajstić information content (AvgIpc) is 3.59. The molecule has 170 valence electrons. The van der Waals surface area contributed by atoms with Gasteiger partial charge in [0.2, 0.25) is 16.8 Å². The second-order valence-electron chi connectivity index (χ2n) is 6.28. The summed E-state index contributed by atoms with van der Waals surface area (Å²) in [6.07, 6.45) is 1.49.